The molecule has 0 aliphatic rings. The molecule has 2 aromatic carbocycles. The van der Waals surface area contributed by atoms with Crippen molar-refractivity contribution in [2.75, 3.05) is 18.5 Å². The molecule has 19 heavy (non-hydrogen) atoms. The summed E-state index contributed by atoms with van der Waals surface area (Å²) in [6, 6.07) is 13.3. The topological polar surface area (TPSA) is 21.3 Å². The first-order valence-corrected chi connectivity index (χ1v) is 6.79. The lowest BCUT2D eigenvalue weighted by atomic mass is 10.2. The van der Waals surface area contributed by atoms with E-state index in [0.717, 1.165) is 16.3 Å². The molecule has 0 spiro atoms. The average Bonchev–Trinajstić information content (AvgIpc) is 2.39. The smallest absolute Gasteiger partial charge is 0.137 e. The van der Waals surface area contributed by atoms with Gasteiger partial charge in [0.2, 0.25) is 0 Å². The van der Waals surface area contributed by atoms with Crippen LogP contribution in [0.25, 0.3) is 0 Å². The van der Waals surface area contributed by atoms with Gasteiger partial charge < -0.3 is 10.1 Å². The Morgan fingerprint density at radius 2 is 1.79 bits per heavy atom. The minimum absolute atomic E-state index is 0.547. The van der Waals surface area contributed by atoms with Crippen LogP contribution in [0.4, 0.5) is 5.69 Å². The van der Waals surface area contributed by atoms with Crippen molar-refractivity contribution in [3.8, 4) is 5.75 Å². The summed E-state index contributed by atoms with van der Waals surface area (Å²) in [6.45, 7) is 3.25. The summed E-state index contributed by atoms with van der Waals surface area (Å²) < 4.78 is 5.62. The number of nitrogens with one attached hydrogen (secondary N) is 1. The van der Waals surface area contributed by atoms with E-state index in [4.69, 9.17) is 27.9 Å². The van der Waals surface area contributed by atoms with Crippen molar-refractivity contribution in [2.45, 2.75) is 6.92 Å². The van der Waals surface area contributed by atoms with Crippen molar-refractivity contribution in [1.82, 2.24) is 0 Å². The number of halogens is 2. The maximum Gasteiger partial charge on any atom is 0.137 e. The van der Waals surface area contributed by atoms with Gasteiger partial charge in [0.05, 0.1) is 5.02 Å². The van der Waals surface area contributed by atoms with Gasteiger partial charge in [-0.15, -0.1) is 0 Å². The summed E-state index contributed by atoms with van der Waals surface area (Å²) in [5.41, 5.74) is 2.14. The highest BCUT2D eigenvalue weighted by molar-refractivity contribution is 6.32. The predicted molar refractivity (Wildman–Crippen MR) is 81.6 cm³/mol. The molecule has 1 N–H and O–H groups in total. The van der Waals surface area contributed by atoms with Gasteiger partial charge in [-0.25, -0.2) is 0 Å². The Kier molecular flexibility index (Phi) is 4.94. The van der Waals surface area contributed by atoms with Crippen LogP contribution >= 0.6 is 23.2 Å². The first-order chi connectivity index (χ1) is 9.15. The Balaban J connectivity index is 1.79. The van der Waals surface area contributed by atoms with E-state index in [-0.39, 0.29) is 0 Å². The number of benzene rings is 2. The monoisotopic (exact) mass is 295 g/mol. The van der Waals surface area contributed by atoms with E-state index in [0.29, 0.717) is 23.9 Å². The van der Waals surface area contributed by atoms with Crippen molar-refractivity contribution in [3.05, 3.63) is 58.1 Å². The molecule has 0 radical (unpaired) electrons. The van der Waals surface area contributed by atoms with Crippen LogP contribution in [0.2, 0.25) is 10.0 Å². The van der Waals surface area contributed by atoms with E-state index >= 15 is 0 Å². The van der Waals surface area contributed by atoms with E-state index in [1.165, 1.54) is 0 Å². The molecular formula is C15H15Cl2NO. The summed E-state index contributed by atoms with van der Waals surface area (Å²) in [4.78, 5) is 0. The highest BCUT2D eigenvalue weighted by Crippen LogP contribution is 2.24. The Labute approximate surface area is 123 Å². The fraction of sp³-hybridized carbons (Fsp3) is 0.200. The number of anilines is 1. The van der Waals surface area contributed by atoms with Crippen LogP contribution in [-0.4, -0.2) is 13.2 Å². The number of hydrogen-bond acceptors (Lipinski definition) is 2. The van der Waals surface area contributed by atoms with Gasteiger partial charge in [0.15, 0.2) is 0 Å². The summed E-state index contributed by atoms with van der Waals surface area (Å²) in [5, 5.41) is 4.62. The number of rotatable bonds is 5. The molecule has 4 heteroatoms. The van der Waals surface area contributed by atoms with Crippen molar-refractivity contribution < 1.29 is 4.74 Å². The van der Waals surface area contributed by atoms with Gasteiger partial charge in [0.1, 0.15) is 12.4 Å². The van der Waals surface area contributed by atoms with Crippen LogP contribution in [0.1, 0.15) is 5.56 Å². The van der Waals surface area contributed by atoms with Crippen LogP contribution in [0.5, 0.6) is 5.75 Å². The second-order valence-electron chi connectivity index (χ2n) is 4.22. The van der Waals surface area contributed by atoms with Gasteiger partial charge in [0, 0.05) is 17.3 Å². The predicted octanol–water partition coefficient (Wildman–Crippen LogP) is 4.79. The molecule has 0 aliphatic heterocycles. The summed E-state index contributed by atoms with van der Waals surface area (Å²) in [5.74, 6) is 0.713. The highest BCUT2D eigenvalue weighted by atomic mass is 35.5. The Bertz CT molecular complexity index is 540. The number of aryl methyl sites for hydroxylation is 1. The van der Waals surface area contributed by atoms with Crippen LogP contribution in [0.15, 0.2) is 42.5 Å². The average molecular weight is 296 g/mol. The zero-order valence-electron chi connectivity index (χ0n) is 10.6. The minimum atomic E-state index is 0.547. The number of hydrogen-bond donors (Lipinski definition) is 1. The Morgan fingerprint density at radius 1 is 1.05 bits per heavy atom. The molecule has 0 heterocycles. The molecule has 0 unspecified atom stereocenters. The molecule has 0 amide bonds. The quantitative estimate of drug-likeness (QED) is 0.801. The number of ether oxygens (including phenoxy) is 1. The standard InChI is InChI=1S/C15H15Cl2NO/c1-11-2-7-15(14(17)10-11)19-9-8-18-13-5-3-12(16)4-6-13/h2-7,10,18H,8-9H2,1H3. The maximum absolute atomic E-state index is 6.08. The molecule has 0 bridgehead atoms. The van der Waals surface area contributed by atoms with Crippen LogP contribution in [0.3, 0.4) is 0 Å². The van der Waals surface area contributed by atoms with Crippen LogP contribution in [0, 0.1) is 6.92 Å². The van der Waals surface area contributed by atoms with E-state index in [2.05, 4.69) is 5.32 Å². The van der Waals surface area contributed by atoms with Crippen molar-refractivity contribution in [1.29, 1.82) is 0 Å². The van der Waals surface area contributed by atoms with E-state index in [1.54, 1.807) is 0 Å². The first kappa shape index (κ1) is 14.0. The van der Waals surface area contributed by atoms with Crippen LogP contribution < -0.4 is 10.1 Å². The lowest BCUT2D eigenvalue weighted by Gasteiger charge is -2.10. The molecule has 0 aromatic heterocycles. The van der Waals surface area contributed by atoms with Crippen molar-refractivity contribution >= 4 is 28.9 Å². The zero-order valence-corrected chi connectivity index (χ0v) is 12.1. The summed E-state index contributed by atoms with van der Waals surface area (Å²) in [7, 11) is 0. The van der Waals surface area contributed by atoms with E-state index in [1.807, 2.05) is 49.4 Å². The molecule has 2 rings (SSSR count). The molecule has 0 saturated carbocycles. The third-order valence-corrected chi connectivity index (χ3v) is 3.17. The minimum Gasteiger partial charge on any atom is -0.490 e. The fourth-order valence-corrected chi connectivity index (χ4v) is 2.06. The third kappa shape index (κ3) is 4.34. The Morgan fingerprint density at radius 3 is 2.47 bits per heavy atom. The van der Waals surface area contributed by atoms with E-state index < -0.39 is 0 Å². The first-order valence-electron chi connectivity index (χ1n) is 6.03. The summed E-state index contributed by atoms with van der Waals surface area (Å²) in [6.07, 6.45) is 0. The molecule has 2 nitrogen and oxygen atoms in total. The fourth-order valence-electron chi connectivity index (χ4n) is 1.65. The SMILES string of the molecule is Cc1ccc(OCCNc2ccc(Cl)cc2)c(Cl)c1. The second-order valence-corrected chi connectivity index (χ2v) is 5.06. The molecule has 0 fully saturated rings. The van der Waals surface area contributed by atoms with Crippen molar-refractivity contribution in [2.24, 2.45) is 0 Å². The molecule has 0 saturated heterocycles. The second kappa shape index (κ2) is 6.69. The molecule has 0 atom stereocenters. The van der Waals surface area contributed by atoms with Gasteiger partial charge in [-0.2, -0.15) is 0 Å². The highest BCUT2D eigenvalue weighted by Gasteiger charge is 2.01. The van der Waals surface area contributed by atoms with Gasteiger partial charge in [-0.05, 0) is 48.9 Å². The third-order valence-electron chi connectivity index (χ3n) is 2.62. The summed E-state index contributed by atoms with van der Waals surface area (Å²) >= 11 is 11.9. The Hall–Kier alpha value is -1.38. The molecular weight excluding hydrogens is 281 g/mol. The zero-order chi connectivity index (χ0) is 13.7. The molecule has 2 aromatic rings. The maximum atomic E-state index is 6.08. The van der Waals surface area contributed by atoms with Gasteiger partial charge in [-0.1, -0.05) is 29.3 Å². The van der Waals surface area contributed by atoms with Gasteiger partial charge in [-0.3, -0.25) is 0 Å². The largest absolute Gasteiger partial charge is 0.490 e. The van der Waals surface area contributed by atoms with Crippen molar-refractivity contribution in [3.63, 3.8) is 0 Å². The normalized spacial score (nSPS) is 10.3. The lowest BCUT2D eigenvalue weighted by molar-refractivity contribution is 0.333. The van der Waals surface area contributed by atoms with Gasteiger partial charge in [0.25, 0.3) is 0 Å². The lowest BCUT2D eigenvalue weighted by Crippen LogP contribution is -2.11. The van der Waals surface area contributed by atoms with Crippen LogP contribution in [-0.2, 0) is 0 Å². The molecule has 100 valence electrons. The molecule has 0 aliphatic carbocycles. The van der Waals surface area contributed by atoms with Gasteiger partial charge >= 0.3 is 0 Å². The van der Waals surface area contributed by atoms with E-state index in [9.17, 15) is 0 Å².